The summed E-state index contributed by atoms with van der Waals surface area (Å²) in [6.07, 6.45) is -1.29. The number of benzene rings is 1. The Morgan fingerprint density at radius 1 is 1.43 bits per heavy atom. The lowest BCUT2D eigenvalue weighted by molar-refractivity contribution is -0.141. The third-order valence-corrected chi connectivity index (χ3v) is 2.19. The van der Waals surface area contributed by atoms with Crippen molar-refractivity contribution < 1.29 is 15.0 Å². The van der Waals surface area contributed by atoms with E-state index in [1.165, 1.54) is 6.07 Å². The minimum absolute atomic E-state index is 0.303. The molecular formula is C9H10ClNO3. The maximum absolute atomic E-state index is 10.5. The zero-order chi connectivity index (χ0) is 10.7. The van der Waals surface area contributed by atoms with Crippen LogP contribution in [0.5, 0.6) is 0 Å². The quantitative estimate of drug-likeness (QED) is 0.696. The lowest BCUT2D eigenvalue weighted by atomic mass is 10.0. The highest BCUT2D eigenvalue weighted by molar-refractivity contribution is 6.31. The van der Waals surface area contributed by atoms with E-state index in [4.69, 9.17) is 22.4 Å². The van der Waals surface area contributed by atoms with E-state index in [0.717, 1.165) is 0 Å². The van der Waals surface area contributed by atoms with E-state index in [-0.39, 0.29) is 0 Å². The molecule has 0 bridgehead atoms. The Hall–Kier alpha value is -1.10. The SMILES string of the molecule is N[C@@H](C(=O)O)[C@@H](O)c1ccccc1Cl. The van der Waals surface area contributed by atoms with Gasteiger partial charge in [-0.25, -0.2) is 0 Å². The topological polar surface area (TPSA) is 83.6 Å². The van der Waals surface area contributed by atoms with E-state index < -0.39 is 18.1 Å². The normalized spacial score (nSPS) is 14.8. The second-order valence-corrected chi connectivity index (χ2v) is 3.24. The Bertz CT molecular complexity index is 343. The predicted molar refractivity (Wildman–Crippen MR) is 52.0 cm³/mol. The van der Waals surface area contributed by atoms with Gasteiger partial charge in [-0.1, -0.05) is 29.8 Å². The van der Waals surface area contributed by atoms with Crippen LogP contribution in [0.3, 0.4) is 0 Å². The van der Waals surface area contributed by atoms with Crippen molar-refractivity contribution in [2.24, 2.45) is 5.73 Å². The van der Waals surface area contributed by atoms with Gasteiger partial charge in [-0.05, 0) is 6.07 Å². The summed E-state index contributed by atoms with van der Waals surface area (Å²) >= 11 is 5.76. The average Bonchev–Trinajstić information content (AvgIpc) is 2.16. The van der Waals surface area contributed by atoms with Crippen LogP contribution < -0.4 is 5.73 Å². The van der Waals surface area contributed by atoms with Crippen LogP contribution in [0.15, 0.2) is 24.3 Å². The summed E-state index contributed by atoms with van der Waals surface area (Å²) in [6.45, 7) is 0. The van der Waals surface area contributed by atoms with Gasteiger partial charge >= 0.3 is 5.97 Å². The highest BCUT2D eigenvalue weighted by atomic mass is 35.5. The molecule has 0 spiro atoms. The zero-order valence-corrected chi connectivity index (χ0v) is 7.98. The second kappa shape index (κ2) is 4.41. The van der Waals surface area contributed by atoms with E-state index in [1.54, 1.807) is 18.2 Å². The fourth-order valence-electron chi connectivity index (χ4n) is 1.04. The predicted octanol–water partition coefficient (Wildman–Crippen LogP) is 0.785. The molecule has 0 unspecified atom stereocenters. The Morgan fingerprint density at radius 2 is 2.00 bits per heavy atom. The van der Waals surface area contributed by atoms with Crippen molar-refractivity contribution in [2.45, 2.75) is 12.1 Å². The number of aliphatic hydroxyl groups is 1. The Kier molecular flexibility index (Phi) is 3.46. The molecular weight excluding hydrogens is 206 g/mol. The van der Waals surface area contributed by atoms with Crippen molar-refractivity contribution in [3.63, 3.8) is 0 Å². The molecule has 1 rings (SSSR count). The van der Waals surface area contributed by atoms with Crippen LogP contribution in [0.1, 0.15) is 11.7 Å². The number of rotatable bonds is 3. The number of aliphatic hydroxyl groups excluding tert-OH is 1. The molecule has 76 valence electrons. The summed E-state index contributed by atoms with van der Waals surface area (Å²) in [5.41, 5.74) is 5.58. The van der Waals surface area contributed by atoms with Gasteiger partial charge in [-0.15, -0.1) is 0 Å². The molecule has 0 aliphatic carbocycles. The maximum atomic E-state index is 10.5. The van der Waals surface area contributed by atoms with Gasteiger partial charge in [0, 0.05) is 10.6 Å². The molecule has 0 radical (unpaired) electrons. The molecule has 0 saturated heterocycles. The summed E-state index contributed by atoms with van der Waals surface area (Å²) in [6, 6.07) is 5.07. The zero-order valence-electron chi connectivity index (χ0n) is 7.22. The molecule has 4 nitrogen and oxygen atoms in total. The minimum Gasteiger partial charge on any atom is -0.480 e. The lowest BCUT2D eigenvalue weighted by Gasteiger charge is -2.16. The van der Waals surface area contributed by atoms with E-state index in [9.17, 15) is 9.90 Å². The second-order valence-electron chi connectivity index (χ2n) is 2.83. The highest BCUT2D eigenvalue weighted by Crippen LogP contribution is 2.24. The molecule has 2 atom stereocenters. The van der Waals surface area contributed by atoms with Crippen molar-refractivity contribution in [3.8, 4) is 0 Å². The van der Waals surface area contributed by atoms with Crippen LogP contribution in [0.25, 0.3) is 0 Å². The van der Waals surface area contributed by atoms with Gasteiger partial charge in [0.25, 0.3) is 0 Å². The summed E-state index contributed by atoms with van der Waals surface area (Å²) in [4.78, 5) is 10.5. The molecule has 0 heterocycles. The molecule has 1 aromatic rings. The monoisotopic (exact) mass is 215 g/mol. The number of carboxylic acids is 1. The van der Waals surface area contributed by atoms with Crippen molar-refractivity contribution >= 4 is 17.6 Å². The molecule has 1 aromatic carbocycles. The van der Waals surface area contributed by atoms with Gasteiger partial charge in [-0.2, -0.15) is 0 Å². The third kappa shape index (κ3) is 2.23. The fraction of sp³-hybridized carbons (Fsp3) is 0.222. The molecule has 0 aliphatic heterocycles. The van der Waals surface area contributed by atoms with E-state index in [1.807, 2.05) is 0 Å². The summed E-state index contributed by atoms with van der Waals surface area (Å²) in [5.74, 6) is -1.27. The molecule has 0 amide bonds. The Balaban J connectivity index is 2.94. The third-order valence-electron chi connectivity index (χ3n) is 1.85. The Labute approximate surface area is 85.9 Å². The van der Waals surface area contributed by atoms with Crippen molar-refractivity contribution in [3.05, 3.63) is 34.9 Å². The number of hydrogen-bond acceptors (Lipinski definition) is 3. The number of carbonyl (C=O) groups is 1. The summed E-state index contributed by atoms with van der Waals surface area (Å²) in [5, 5.41) is 18.4. The van der Waals surface area contributed by atoms with Gasteiger partial charge in [0.05, 0.1) is 0 Å². The summed E-state index contributed by atoms with van der Waals surface area (Å²) < 4.78 is 0. The largest absolute Gasteiger partial charge is 0.480 e. The van der Waals surface area contributed by atoms with Crippen LogP contribution in [0.4, 0.5) is 0 Å². The minimum atomic E-state index is -1.37. The maximum Gasteiger partial charge on any atom is 0.323 e. The van der Waals surface area contributed by atoms with Crippen LogP contribution in [0, 0.1) is 0 Å². The summed E-state index contributed by atoms with van der Waals surface area (Å²) in [7, 11) is 0. The first-order valence-corrected chi connectivity index (χ1v) is 4.32. The van der Waals surface area contributed by atoms with Gasteiger partial charge in [0.1, 0.15) is 12.1 Å². The molecule has 0 saturated carbocycles. The number of nitrogens with two attached hydrogens (primary N) is 1. The smallest absolute Gasteiger partial charge is 0.323 e. The fourth-order valence-corrected chi connectivity index (χ4v) is 1.29. The molecule has 4 N–H and O–H groups in total. The van der Waals surface area contributed by atoms with Crippen LogP contribution in [-0.2, 0) is 4.79 Å². The number of hydrogen-bond donors (Lipinski definition) is 3. The van der Waals surface area contributed by atoms with Crippen LogP contribution >= 0.6 is 11.6 Å². The van der Waals surface area contributed by atoms with Crippen molar-refractivity contribution in [1.82, 2.24) is 0 Å². The highest BCUT2D eigenvalue weighted by Gasteiger charge is 2.24. The lowest BCUT2D eigenvalue weighted by Crippen LogP contribution is -2.36. The molecule has 0 aromatic heterocycles. The van der Waals surface area contributed by atoms with Gasteiger partial charge in [0.15, 0.2) is 0 Å². The van der Waals surface area contributed by atoms with Crippen molar-refractivity contribution in [1.29, 1.82) is 0 Å². The first-order valence-electron chi connectivity index (χ1n) is 3.95. The molecule has 14 heavy (non-hydrogen) atoms. The Morgan fingerprint density at radius 3 is 2.50 bits per heavy atom. The number of halogens is 1. The number of aliphatic carboxylic acids is 1. The molecule has 0 fully saturated rings. The van der Waals surface area contributed by atoms with Crippen molar-refractivity contribution in [2.75, 3.05) is 0 Å². The van der Waals surface area contributed by atoms with Crippen LogP contribution in [0.2, 0.25) is 5.02 Å². The van der Waals surface area contributed by atoms with Gasteiger partial charge < -0.3 is 15.9 Å². The van der Waals surface area contributed by atoms with Crippen LogP contribution in [-0.4, -0.2) is 22.2 Å². The molecule has 5 heteroatoms. The average molecular weight is 216 g/mol. The van der Waals surface area contributed by atoms with E-state index >= 15 is 0 Å². The van der Waals surface area contributed by atoms with Gasteiger partial charge in [-0.3, -0.25) is 4.79 Å². The molecule has 0 aliphatic rings. The van der Waals surface area contributed by atoms with E-state index in [2.05, 4.69) is 0 Å². The first-order chi connectivity index (χ1) is 6.54. The standard InChI is InChI=1S/C9H10ClNO3/c10-6-4-2-1-3-5(6)8(12)7(11)9(13)14/h1-4,7-8,12H,11H2,(H,13,14)/t7-,8+/m1/s1. The van der Waals surface area contributed by atoms with E-state index in [0.29, 0.717) is 10.6 Å². The number of carboxylic acid groups (broad SMARTS) is 1. The van der Waals surface area contributed by atoms with Gasteiger partial charge in [0.2, 0.25) is 0 Å². The first kappa shape index (κ1) is 11.0.